The minimum Gasteiger partial charge on any atom is -0.325 e. The molecule has 94 valence electrons. The predicted octanol–water partition coefficient (Wildman–Crippen LogP) is 3.00. The number of hydrogen-bond donors (Lipinski definition) is 1. The van der Waals surface area contributed by atoms with E-state index in [2.05, 4.69) is 11.9 Å². The number of ketones is 1. The van der Waals surface area contributed by atoms with Crippen LogP contribution in [0.25, 0.3) is 0 Å². The highest BCUT2D eigenvalue weighted by molar-refractivity contribution is 7.09. The number of rotatable bonds is 4. The molecular weight excluding hydrogens is 232 g/mol. The molecule has 17 heavy (non-hydrogen) atoms. The van der Waals surface area contributed by atoms with Gasteiger partial charge >= 0.3 is 0 Å². The van der Waals surface area contributed by atoms with E-state index >= 15 is 0 Å². The fourth-order valence-electron chi connectivity index (χ4n) is 2.63. The third kappa shape index (κ3) is 2.93. The van der Waals surface area contributed by atoms with Crippen LogP contribution in [0, 0.1) is 11.8 Å². The minimum absolute atomic E-state index is 0.196. The third-order valence-corrected chi connectivity index (χ3v) is 4.58. The molecular formula is C13H20N2OS. The molecule has 0 bridgehead atoms. The van der Waals surface area contributed by atoms with Gasteiger partial charge in [-0.15, -0.1) is 11.3 Å². The van der Waals surface area contributed by atoms with E-state index in [0.29, 0.717) is 12.2 Å². The summed E-state index contributed by atoms with van der Waals surface area (Å²) in [5.74, 6) is 1.16. The number of Topliss-reactive ketones (excluding diaryl/α,β-unsaturated/α-hetero) is 1. The number of hydrogen-bond acceptors (Lipinski definition) is 4. The van der Waals surface area contributed by atoms with Gasteiger partial charge in [0.1, 0.15) is 10.7 Å². The van der Waals surface area contributed by atoms with Gasteiger partial charge in [-0.25, -0.2) is 4.98 Å². The second-order valence-electron chi connectivity index (χ2n) is 4.83. The topological polar surface area (TPSA) is 56.0 Å². The zero-order valence-electron chi connectivity index (χ0n) is 10.3. The van der Waals surface area contributed by atoms with Gasteiger partial charge in [-0.05, 0) is 18.8 Å². The summed E-state index contributed by atoms with van der Waals surface area (Å²) >= 11 is 1.49. The maximum Gasteiger partial charge on any atom is 0.185 e. The Morgan fingerprint density at radius 2 is 2.41 bits per heavy atom. The molecule has 0 amide bonds. The normalized spacial score (nSPS) is 24.8. The highest BCUT2D eigenvalue weighted by Crippen LogP contribution is 2.33. The molecule has 0 saturated heterocycles. The van der Waals surface area contributed by atoms with Gasteiger partial charge < -0.3 is 5.73 Å². The molecule has 1 fully saturated rings. The smallest absolute Gasteiger partial charge is 0.185 e. The van der Waals surface area contributed by atoms with Crippen molar-refractivity contribution in [2.75, 3.05) is 0 Å². The van der Waals surface area contributed by atoms with Gasteiger partial charge in [-0.1, -0.05) is 26.2 Å². The van der Waals surface area contributed by atoms with Gasteiger partial charge in [0.05, 0.1) is 0 Å². The Bertz CT molecular complexity index is 389. The van der Waals surface area contributed by atoms with Crippen LogP contribution in [0.1, 0.15) is 54.5 Å². The maximum atomic E-state index is 12.3. The molecule has 3 nitrogen and oxygen atoms in total. The quantitative estimate of drug-likeness (QED) is 0.838. The van der Waals surface area contributed by atoms with Gasteiger partial charge in [0.2, 0.25) is 0 Å². The lowest BCUT2D eigenvalue weighted by Gasteiger charge is -2.26. The Morgan fingerprint density at radius 3 is 3.06 bits per heavy atom. The molecule has 1 saturated carbocycles. The molecule has 2 rings (SSSR count). The first-order chi connectivity index (χ1) is 8.24. The van der Waals surface area contributed by atoms with Gasteiger partial charge in [-0.3, -0.25) is 4.79 Å². The van der Waals surface area contributed by atoms with Crippen molar-refractivity contribution in [3.63, 3.8) is 0 Å². The van der Waals surface area contributed by atoms with Crippen molar-refractivity contribution in [1.29, 1.82) is 0 Å². The number of thiazole rings is 1. The lowest BCUT2D eigenvalue weighted by molar-refractivity contribution is 0.0857. The van der Waals surface area contributed by atoms with Crippen LogP contribution in [0.5, 0.6) is 0 Å². The maximum absolute atomic E-state index is 12.3. The monoisotopic (exact) mass is 252 g/mol. The zero-order valence-corrected chi connectivity index (χ0v) is 11.1. The Morgan fingerprint density at radius 1 is 1.59 bits per heavy atom. The fourth-order valence-corrected chi connectivity index (χ4v) is 3.29. The molecule has 0 radical (unpaired) electrons. The van der Waals surface area contributed by atoms with Crippen LogP contribution in [0.2, 0.25) is 0 Å². The summed E-state index contributed by atoms with van der Waals surface area (Å²) in [6, 6.07) is 0. The molecule has 4 heteroatoms. The summed E-state index contributed by atoms with van der Waals surface area (Å²) in [5.41, 5.74) is 6.16. The number of nitrogens with zero attached hydrogens (tertiary/aromatic N) is 1. The molecule has 1 aromatic heterocycles. The number of carbonyl (C=O) groups is 1. The first-order valence-electron chi connectivity index (χ1n) is 6.43. The van der Waals surface area contributed by atoms with Crippen LogP contribution >= 0.6 is 11.3 Å². The van der Waals surface area contributed by atoms with E-state index in [4.69, 9.17) is 5.73 Å². The van der Waals surface area contributed by atoms with Gasteiger partial charge in [0.15, 0.2) is 5.78 Å². The van der Waals surface area contributed by atoms with E-state index in [1.807, 2.05) is 5.38 Å². The largest absolute Gasteiger partial charge is 0.325 e. The average Bonchev–Trinajstić information content (AvgIpc) is 2.86. The van der Waals surface area contributed by atoms with Gasteiger partial charge in [0.25, 0.3) is 0 Å². The summed E-state index contributed by atoms with van der Waals surface area (Å²) in [5, 5.41) is 2.72. The molecule has 2 N–H and O–H groups in total. The number of nitrogens with two attached hydrogens (primary N) is 1. The van der Waals surface area contributed by atoms with Crippen molar-refractivity contribution in [2.24, 2.45) is 17.6 Å². The summed E-state index contributed by atoms with van der Waals surface area (Å²) in [6.45, 7) is 2.65. The van der Waals surface area contributed by atoms with E-state index in [-0.39, 0.29) is 11.7 Å². The van der Waals surface area contributed by atoms with Crippen molar-refractivity contribution >= 4 is 17.1 Å². The number of carbonyl (C=O) groups excluding carboxylic acids is 1. The lowest BCUT2D eigenvalue weighted by atomic mass is 9.78. The highest BCUT2D eigenvalue weighted by Gasteiger charge is 2.28. The van der Waals surface area contributed by atoms with Crippen molar-refractivity contribution in [3.05, 3.63) is 16.1 Å². The lowest BCUT2D eigenvalue weighted by Crippen LogP contribution is -2.23. The van der Waals surface area contributed by atoms with Crippen molar-refractivity contribution < 1.29 is 4.79 Å². The third-order valence-electron chi connectivity index (χ3n) is 3.71. The van der Waals surface area contributed by atoms with Crippen molar-refractivity contribution in [3.8, 4) is 0 Å². The first kappa shape index (κ1) is 12.7. The standard InChI is InChI=1S/C13H20N2OS/c1-2-9-4-3-5-10(6-9)13(16)11-8-17-12(7-14)15-11/h8-10H,2-7,14H2,1H3. The van der Waals surface area contributed by atoms with Crippen LogP contribution in [-0.2, 0) is 6.54 Å². The molecule has 0 aliphatic heterocycles. The van der Waals surface area contributed by atoms with E-state index in [9.17, 15) is 4.79 Å². The Kier molecular flexibility index (Phi) is 4.29. The molecule has 1 aliphatic rings. The van der Waals surface area contributed by atoms with Crippen LogP contribution in [0.15, 0.2) is 5.38 Å². The summed E-state index contributed by atoms with van der Waals surface area (Å²) in [4.78, 5) is 16.6. The molecule has 1 heterocycles. The SMILES string of the molecule is CCC1CCCC(C(=O)c2csc(CN)n2)C1. The molecule has 0 aromatic carbocycles. The molecule has 1 aliphatic carbocycles. The Balaban J connectivity index is 2.03. The van der Waals surface area contributed by atoms with Crippen LogP contribution in [0.4, 0.5) is 0 Å². The molecule has 2 atom stereocenters. The van der Waals surface area contributed by atoms with Crippen LogP contribution in [-0.4, -0.2) is 10.8 Å². The zero-order chi connectivity index (χ0) is 12.3. The molecule has 1 aromatic rings. The highest BCUT2D eigenvalue weighted by atomic mass is 32.1. The van der Waals surface area contributed by atoms with E-state index in [1.54, 1.807) is 0 Å². The van der Waals surface area contributed by atoms with E-state index in [0.717, 1.165) is 23.8 Å². The second kappa shape index (κ2) is 5.74. The van der Waals surface area contributed by atoms with E-state index in [1.165, 1.54) is 30.6 Å². The van der Waals surface area contributed by atoms with Gasteiger partial charge in [0, 0.05) is 17.8 Å². The summed E-state index contributed by atoms with van der Waals surface area (Å²) < 4.78 is 0. The first-order valence-corrected chi connectivity index (χ1v) is 7.31. The van der Waals surface area contributed by atoms with Crippen molar-refractivity contribution in [1.82, 2.24) is 4.98 Å². The predicted molar refractivity (Wildman–Crippen MR) is 70.1 cm³/mol. The van der Waals surface area contributed by atoms with Crippen LogP contribution in [0.3, 0.4) is 0 Å². The fraction of sp³-hybridized carbons (Fsp3) is 0.692. The number of aromatic nitrogens is 1. The second-order valence-corrected chi connectivity index (χ2v) is 5.78. The van der Waals surface area contributed by atoms with Crippen LogP contribution < -0.4 is 5.73 Å². The minimum atomic E-state index is 0.196. The average molecular weight is 252 g/mol. The molecule has 0 spiro atoms. The Labute approximate surface area is 106 Å². The van der Waals surface area contributed by atoms with Gasteiger partial charge in [-0.2, -0.15) is 0 Å². The molecule has 2 unspecified atom stereocenters. The van der Waals surface area contributed by atoms with E-state index < -0.39 is 0 Å². The Hall–Kier alpha value is -0.740. The van der Waals surface area contributed by atoms with Crippen molar-refractivity contribution in [2.45, 2.75) is 45.6 Å². The summed E-state index contributed by atoms with van der Waals surface area (Å²) in [6.07, 6.45) is 5.73. The summed E-state index contributed by atoms with van der Waals surface area (Å²) in [7, 11) is 0.